The molecule has 0 aromatic heterocycles. The van der Waals surface area contributed by atoms with Gasteiger partial charge in [-0.15, -0.1) is 0 Å². The van der Waals surface area contributed by atoms with E-state index in [1.807, 2.05) is 7.05 Å². The number of rotatable bonds is 3. The maximum Gasteiger partial charge on any atom is 0.307 e. The van der Waals surface area contributed by atoms with Gasteiger partial charge in [-0.1, -0.05) is 19.3 Å². The Labute approximate surface area is 79.8 Å². The van der Waals surface area contributed by atoms with E-state index in [1.165, 1.54) is 26.4 Å². The van der Waals surface area contributed by atoms with E-state index in [0.29, 0.717) is 6.42 Å². The predicted octanol–water partition coefficient (Wildman–Crippen LogP) is 1.47. The highest BCUT2D eigenvalue weighted by atomic mass is 16.5. The Hall–Kier alpha value is -0.570. The summed E-state index contributed by atoms with van der Waals surface area (Å²) in [5.41, 5.74) is 0.0192. The Kier molecular flexibility index (Phi) is 3.72. The van der Waals surface area contributed by atoms with Crippen LogP contribution in [0.2, 0.25) is 0 Å². The van der Waals surface area contributed by atoms with Crippen LogP contribution in [0.1, 0.15) is 38.5 Å². The summed E-state index contributed by atoms with van der Waals surface area (Å²) in [4.78, 5) is 11.2. The highest BCUT2D eigenvalue weighted by molar-refractivity contribution is 5.70. The molecule has 0 radical (unpaired) electrons. The third-order valence-corrected chi connectivity index (χ3v) is 3.05. The van der Waals surface area contributed by atoms with Crippen molar-refractivity contribution in [3.8, 4) is 0 Å². The summed E-state index contributed by atoms with van der Waals surface area (Å²) < 4.78 is 4.70. The van der Waals surface area contributed by atoms with Crippen molar-refractivity contribution in [1.29, 1.82) is 0 Å². The fourth-order valence-electron chi connectivity index (χ4n) is 2.09. The van der Waals surface area contributed by atoms with Crippen LogP contribution < -0.4 is 5.32 Å². The Morgan fingerprint density at radius 1 is 1.38 bits per heavy atom. The molecule has 76 valence electrons. The van der Waals surface area contributed by atoms with Gasteiger partial charge in [0.15, 0.2) is 0 Å². The summed E-state index contributed by atoms with van der Waals surface area (Å²) in [6.07, 6.45) is 6.44. The van der Waals surface area contributed by atoms with E-state index in [1.54, 1.807) is 0 Å². The van der Waals surface area contributed by atoms with Gasteiger partial charge in [-0.3, -0.25) is 4.79 Å². The second-order valence-corrected chi connectivity index (χ2v) is 3.84. The molecule has 1 aliphatic carbocycles. The zero-order valence-electron chi connectivity index (χ0n) is 8.56. The van der Waals surface area contributed by atoms with Gasteiger partial charge in [-0.25, -0.2) is 0 Å². The van der Waals surface area contributed by atoms with Gasteiger partial charge in [0.1, 0.15) is 0 Å². The molecule has 0 atom stereocenters. The SMILES string of the molecule is CNC1(CC(=O)OC)CCCCC1. The number of carbonyl (C=O) groups excluding carboxylic acids is 1. The first-order chi connectivity index (χ1) is 6.22. The van der Waals surface area contributed by atoms with Crippen LogP contribution in [0.3, 0.4) is 0 Å². The highest BCUT2D eigenvalue weighted by Crippen LogP contribution is 2.30. The second-order valence-electron chi connectivity index (χ2n) is 3.84. The molecule has 0 heterocycles. The van der Waals surface area contributed by atoms with Crippen LogP contribution in [0.25, 0.3) is 0 Å². The molecular formula is C10H19NO2. The average molecular weight is 185 g/mol. The minimum absolute atomic E-state index is 0.0192. The van der Waals surface area contributed by atoms with Crippen LogP contribution >= 0.6 is 0 Å². The van der Waals surface area contributed by atoms with E-state index in [-0.39, 0.29) is 11.5 Å². The maximum absolute atomic E-state index is 11.2. The summed E-state index contributed by atoms with van der Waals surface area (Å²) in [7, 11) is 3.39. The Morgan fingerprint density at radius 2 is 2.00 bits per heavy atom. The fourth-order valence-corrected chi connectivity index (χ4v) is 2.09. The first kappa shape index (κ1) is 10.5. The lowest BCUT2D eigenvalue weighted by molar-refractivity contribution is -0.142. The van der Waals surface area contributed by atoms with Crippen LogP contribution in [0, 0.1) is 0 Å². The largest absolute Gasteiger partial charge is 0.469 e. The highest BCUT2D eigenvalue weighted by Gasteiger charge is 2.32. The van der Waals surface area contributed by atoms with Crippen LogP contribution in [-0.2, 0) is 9.53 Å². The number of esters is 1. The Bertz CT molecular complexity index is 174. The van der Waals surface area contributed by atoms with Crippen molar-refractivity contribution in [1.82, 2.24) is 5.32 Å². The molecule has 0 aromatic rings. The lowest BCUT2D eigenvalue weighted by Crippen LogP contribution is -2.46. The zero-order valence-corrected chi connectivity index (χ0v) is 8.56. The molecule has 0 aliphatic heterocycles. The lowest BCUT2D eigenvalue weighted by atomic mass is 9.79. The van der Waals surface area contributed by atoms with E-state index in [9.17, 15) is 4.79 Å². The summed E-state index contributed by atoms with van der Waals surface area (Å²) in [5.74, 6) is -0.101. The molecule has 0 aromatic carbocycles. The minimum Gasteiger partial charge on any atom is -0.469 e. The van der Waals surface area contributed by atoms with Gasteiger partial charge in [0.25, 0.3) is 0 Å². The zero-order chi connectivity index (χ0) is 9.73. The molecule has 3 nitrogen and oxygen atoms in total. The quantitative estimate of drug-likeness (QED) is 0.677. The van der Waals surface area contributed by atoms with E-state index < -0.39 is 0 Å². The molecule has 0 bridgehead atoms. The maximum atomic E-state index is 11.2. The predicted molar refractivity (Wildman–Crippen MR) is 51.5 cm³/mol. The second kappa shape index (κ2) is 4.61. The monoisotopic (exact) mass is 185 g/mol. The Morgan fingerprint density at radius 3 is 2.46 bits per heavy atom. The molecule has 0 spiro atoms. The van der Waals surface area contributed by atoms with E-state index >= 15 is 0 Å². The van der Waals surface area contributed by atoms with Gasteiger partial charge in [-0.05, 0) is 19.9 Å². The van der Waals surface area contributed by atoms with Gasteiger partial charge < -0.3 is 10.1 Å². The average Bonchev–Trinajstić information content (AvgIpc) is 2.19. The van der Waals surface area contributed by atoms with Crippen molar-refractivity contribution >= 4 is 5.97 Å². The molecule has 0 saturated heterocycles. The van der Waals surface area contributed by atoms with E-state index in [0.717, 1.165) is 12.8 Å². The third-order valence-electron chi connectivity index (χ3n) is 3.05. The lowest BCUT2D eigenvalue weighted by Gasteiger charge is -2.36. The number of hydrogen-bond acceptors (Lipinski definition) is 3. The minimum atomic E-state index is -0.101. The summed E-state index contributed by atoms with van der Waals surface area (Å²) in [6, 6.07) is 0. The van der Waals surface area contributed by atoms with E-state index in [2.05, 4.69) is 5.32 Å². The normalized spacial score (nSPS) is 21.1. The Balaban J connectivity index is 2.52. The fraction of sp³-hybridized carbons (Fsp3) is 0.900. The molecule has 1 rings (SSSR count). The molecular weight excluding hydrogens is 166 g/mol. The number of methoxy groups -OCH3 is 1. The van der Waals surface area contributed by atoms with Gasteiger partial charge in [0.2, 0.25) is 0 Å². The van der Waals surface area contributed by atoms with E-state index in [4.69, 9.17) is 4.74 Å². The van der Waals surface area contributed by atoms with Gasteiger partial charge in [0.05, 0.1) is 13.5 Å². The summed E-state index contributed by atoms with van der Waals surface area (Å²) >= 11 is 0. The van der Waals surface area contributed by atoms with Crippen molar-refractivity contribution in [2.75, 3.05) is 14.2 Å². The molecule has 1 saturated carbocycles. The van der Waals surface area contributed by atoms with Crippen LogP contribution in [-0.4, -0.2) is 25.7 Å². The number of nitrogens with one attached hydrogen (secondary N) is 1. The van der Waals surface area contributed by atoms with Crippen molar-refractivity contribution < 1.29 is 9.53 Å². The van der Waals surface area contributed by atoms with Crippen molar-refractivity contribution in [3.63, 3.8) is 0 Å². The van der Waals surface area contributed by atoms with Crippen LogP contribution in [0.15, 0.2) is 0 Å². The van der Waals surface area contributed by atoms with Gasteiger partial charge >= 0.3 is 5.97 Å². The third kappa shape index (κ3) is 2.69. The first-order valence-electron chi connectivity index (χ1n) is 4.98. The standard InChI is InChI=1S/C10H19NO2/c1-11-10(8-9(12)13-2)6-4-3-5-7-10/h11H,3-8H2,1-2H3. The first-order valence-corrected chi connectivity index (χ1v) is 4.98. The smallest absolute Gasteiger partial charge is 0.307 e. The van der Waals surface area contributed by atoms with Crippen LogP contribution in [0.5, 0.6) is 0 Å². The summed E-state index contributed by atoms with van der Waals surface area (Å²) in [5, 5.41) is 3.28. The topological polar surface area (TPSA) is 38.3 Å². The number of ether oxygens (including phenoxy) is 1. The molecule has 1 N–H and O–H groups in total. The molecule has 13 heavy (non-hydrogen) atoms. The number of carbonyl (C=O) groups is 1. The molecule has 0 amide bonds. The van der Waals surface area contributed by atoms with Crippen molar-refractivity contribution in [2.45, 2.75) is 44.1 Å². The van der Waals surface area contributed by atoms with Crippen molar-refractivity contribution in [3.05, 3.63) is 0 Å². The number of hydrogen-bond donors (Lipinski definition) is 1. The van der Waals surface area contributed by atoms with Crippen molar-refractivity contribution in [2.24, 2.45) is 0 Å². The molecule has 1 aliphatic rings. The molecule has 3 heteroatoms. The molecule has 1 fully saturated rings. The summed E-state index contributed by atoms with van der Waals surface area (Å²) in [6.45, 7) is 0. The van der Waals surface area contributed by atoms with Gasteiger partial charge in [-0.2, -0.15) is 0 Å². The molecule has 0 unspecified atom stereocenters. The van der Waals surface area contributed by atoms with Gasteiger partial charge in [0, 0.05) is 5.54 Å². The van der Waals surface area contributed by atoms with Crippen LogP contribution in [0.4, 0.5) is 0 Å².